The van der Waals surface area contributed by atoms with Crippen molar-refractivity contribution in [3.05, 3.63) is 39.7 Å². The molecule has 4 nitrogen and oxygen atoms in total. The predicted octanol–water partition coefficient (Wildman–Crippen LogP) is 2.89. The van der Waals surface area contributed by atoms with E-state index < -0.39 is 16.4 Å². The number of nitro benzene ring substituents is 1. The number of Topliss-reactive ketones (excluding diaryl/α,β-unsaturated/α-hetero) is 1. The molecule has 0 aliphatic heterocycles. The molecule has 17 heavy (non-hydrogen) atoms. The molecule has 0 radical (unpaired) electrons. The number of benzene rings is 1. The topological polar surface area (TPSA) is 60.2 Å². The summed E-state index contributed by atoms with van der Waals surface area (Å²) in [4.78, 5) is 21.0. The van der Waals surface area contributed by atoms with Crippen LogP contribution in [0.3, 0.4) is 0 Å². The molecule has 0 saturated carbocycles. The molecule has 1 aromatic rings. The Morgan fingerprint density at radius 1 is 1.53 bits per heavy atom. The Kier molecular flexibility index (Phi) is 4.31. The maximum atomic E-state index is 13.3. The van der Waals surface area contributed by atoms with Gasteiger partial charge in [0.1, 0.15) is 5.78 Å². The second-order valence-electron chi connectivity index (χ2n) is 3.97. The van der Waals surface area contributed by atoms with Crippen LogP contribution in [0.4, 0.5) is 10.1 Å². The summed E-state index contributed by atoms with van der Waals surface area (Å²) in [6, 6.07) is 3.74. The van der Waals surface area contributed by atoms with E-state index in [1.54, 1.807) is 13.8 Å². The van der Waals surface area contributed by atoms with Crippen LogP contribution in [0.25, 0.3) is 0 Å². The molecule has 0 saturated heterocycles. The van der Waals surface area contributed by atoms with Crippen molar-refractivity contribution < 1.29 is 14.1 Å². The molecule has 1 aromatic carbocycles. The molecule has 92 valence electrons. The lowest BCUT2D eigenvalue weighted by Gasteiger charge is -2.08. The second kappa shape index (κ2) is 5.52. The number of hydrogen-bond acceptors (Lipinski definition) is 3. The molecule has 1 unspecified atom stereocenters. The summed E-state index contributed by atoms with van der Waals surface area (Å²) in [5, 5.41) is 10.4. The summed E-state index contributed by atoms with van der Waals surface area (Å²) >= 11 is 0. The van der Waals surface area contributed by atoms with E-state index in [2.05, 4.69) is 0 Å². The molecule has 0 amide bonds. The van der Waals surface area contributed by atoms with Gasteiger partial charge in [0.25, 0.3) is 0 Å². The van der Waals surface area contributed by atoms with Crippen LogP contribution >= 0.6 is 0 Å². The van der Waals surface area contributed by atoms with Gasteiger partial charge in [-0.25, -0.2) is 0 Å². The quantitative estimate of drug-likeness (QED) is 0.586. The molecule has 0 fully saturated rings. The van der Waals surface area contributed by atoms with E-state index in [9.17, 15) is 19.3 Å². The van der Waals surface area contributed by atoms with Crippen LogP contribution in [-0.2, 0) is 11.2 Å². The molecule has 0 N–H and O–H groups in total. The van der Waals surface area contributed by atoms with Gasteiger partial charge < -0.3 is 0 Å². The zero-order valence-corrected chi connectivity index (χ0v) is 9.77. The molecule has 0 aromatic heterocycles. The third-order valence-electron chi connectivity index (χ3n) is 2.65. The Labute approximate surface area is 98.6 Å². The summed E-state index contributed by atoms with van der Waals surface area (Å²) in [5.41, 5.74) is 0.0608. The fourth-order valence-electron chi connectivity index (χ4n) is 1.64. The first-order chi connectivity index (χ1) is 7.95. The molecule has 1 rings (SSSR count). The van der Waals surface area contributed by atoms with Crippen molar-refractivity contribution in [2.24, 2.45) is 5.92 Å². The lowest BCUT2D eigenvalue weighted by atomic mass is 9.95. The van der Waals surface area contributed by atoms with Crippen LogP contribution in [0.5, 0.6) is 0 Å². The summed E-state index contributed by atoms with van der Waals surface area (Å²) in [5.74, 6) is -0.951. The average Bonchev–Trinajstić information content (AvgIpc) is 2.27. The second-order valence-corrected chi connectivity index (χ2v) is 3.97. The normalized spacial score (nSPS) is 12.2. The van der Waals surface area contributed by atoms with Crippen LogP contribution in [0.2, 0.25) is 0 Å². The summed E-state index contributed by atoms with van der Waals surface area (Å²) in [7, 11) is 0. The van der Waals surface area contributed by atoms with Gasteiger partial charge in [-0.3, -0.25) is 14.9 Å². The van der Waals surface area contributed by atoms with E-state index in [1.807, 2.05) is 0 Å². The zero-order valence-electron chi connectivity index (χ0n) is 9.77. The molecule has 0 bridgehead atoms. The van der Waals surface area contributed by atoms with Gasteiger partial charge in [0.2, 0.25) is 5.82 Å². The molecule has 1 atom stereocenters. The number of nitrogens with zero attached hydrogens (tertiary/aromatic N) is 1. The third-order valence-corrected chi connectivity index (χ3v) is 2.65. The van der Waals surface area contributed by atoms with Gasteiger partial charge >= 0.3 is 5.69 Å². The lowest BCUT2D eigenvalue weighted by molar-refractivity contribution is -0.387. The van der Waals surface area contributed by atoms with Crippen molar-refractivity contribution in [1.82, 2.24) is 0 Å². The number of ketones is 1. The van der Waals surface area contributed by atoms with E-state index in [4.69, 9.17) is 0 Å². The number of carbonyl (C=O) groups excluding carboxylic acids is 1. The summed E-state index contributed by atoms with van der Waals surface area (Å²) in [6.45, 7) is 3.54. The molecule has 5 heteroatoms. The highest BCUT2D eigenvalue weighted by atomic mass is 19.1. The Balaban J connectivity index is 2.84. The van der Waals surface area contributed by atoms with Gasteiger partial charge in [0, 0.05) is 18.4 Å². The smallest absolute Gasteiger partial charge is 0.299 e. The Morgan fingerprint density at radius 3 is 2.65 bits per heavy atom. The first-order valence-electron chi connectivity index (χ1n) is 5.41. The largest absolute Gasteiger partial charge is 0.304 e. The number of carbonyl (C=O) groups is 1. The van der Waals surface area contributed by atoms with Crippen LogP contribution in [-0.4, -0.2) is 10.7 Å². The van der Waals surface area contributed by atoms with Crippen molar-refractivity contribution >= 4 is 11.5 Å². The van der Waals surface area contributed by atoms with Gasteiger partial charge in [0.05, 0.1) is 4.92 Å². The SMILES string of the molecule is CCC(=O)C(C)Cc1ccc([N+](=O)[O-])c(F)c1. The monoisotopic (exact) mass is 239 g/mol. The number of rotatable bonds is 5. The maximum Gasteiger partial charge on any atom is 0.304 e. The van der Waals surface area contributed by atoms with Gasteiger partial charge in [0.15, 0.2) is 0 Å². The summed E-state index contributed by atoms with van der Waals surface area (Å²) in [6.07, 6.45) is 0.845. The average molecular weight is 239 g/mol. The molecule has 0 aliphatic carbocycles. The number of halogens is 1. The minimum Gasteiger partial charge on any atom is -0.299 e. The Morgan fingerprint density at radius 2 is 2.18 bits per heavy atom. The molecule has 0 spiro atoms. The zero-order chi connectivity index (χ0) is 13.0. The minimum atomic E-state index is -0.858. The molecule has 0 aliphatic rings. The number of hydrogen-bond donors (Lipinski definition) is 0. The molecular weight excluding hydrogens is 225 g/mol. The third kappa shape index (κ3) is 3.34. The van der Waals surface area contributed by atoms with Gasteiger partial charge in [-0.15, -0.1) is 0 Å². The summed E-state index contributed by atoms with van der Waals surface area (Å²) < 4.78 is 13.3. The van der Waals surface area contributed by atoms with Crippen molar-refractivity contribution in [2.75, 3.05) is 0 Å². The van der Waals surface area contributed by atoms with E-state index in [-0.39, 0.29) is 11.7 Å². The fourth-order valence-corrected chi connectivity index (χ4v) is 1.64. The van der Waals surface area contributed by atoms with Crippen LogP contribution in [0.15, 0.2) is 18.2 Å². The highest BCUT2D eigenvalue weighted by molar-refractivity contribution is 5.80. The van der Waals surface area contributed by atoms with Crippen molar-refractivity contribution in [1.29, 1.82) is 0 Å². The first-order valence-corrected chi connectivity index (χ1v) is 5.41. The van der Waals surface area contributed by atoms with E-state index >= 15 is 0 Å². The number of nitro groups is 1. The van der Waals surface area contributed by atoms with Crippen molar-refractivity contribution in [3.8, 4) is 0 Å². The highest BCUT2D eigenvalue weighted by Crippen LogP contribution is 2.20. The predicted molar refractivity (Wildman–Crippen MR) is 61.2 cm³/mol. The Bertz CT molecular complexity index is 445. The van der Waals surface area contributed by atoms with Gasteiger partial charge in [-0.05, 0) is 18.1 Å². The van der Waals surface area contributed by atoms with E-state index in [0.717, 1.165) is 12.1 Å². The maximum absolute atomic E-state index is 13.3. The Hall–Kier alpha value is -1.78. The van der Waals surface area contributed by atoms with Crippen LogP contribution < -0.4 is 0 Å². The van der Waals surface area contributed by atoms with Gasteiger partial charge in [-0.2, -0.15) is 4.39 Å². The molecular formula is C12H14FNO3. The highest BCUT2D eigenvalue weighted by Gasteiger charge is 2.16. The van der Waals surface area contributed by atoms with E-state index in [1.165, 1.54) is 6.07 Å². The van der Waals surface area contributed by atoms with Crippen LogP contribution in [0, 0.1) is 21.8 Å². The fraction of sp³-hybridized carbons (Fsp3) is 0.417. The van der Waals surface area contributed by atoms with Crippen molar-refractivity contribution in [2.45, 2.75) is 26.7 Å². The minimum absolute atomic E-state index is 0.101. The van der Waals surface area contributed by atoms with E-state index in [0.29, 0.717) is 18.4 Å². The molecule has 0 heterocycles. The standard InChI is InChI=1S/C12H14FNO3/c1-3-12(15)8(2)6-9-4-5-11(14(16)17)10(13)7-9/h4-5,7-8H,3,6H2,1-2H3. The lowest BCUT2D eigenvalue weighted by Crippen LogP contribution is -2.12. The van der Waals surface area contributed by atoms with Gasteiger partial charge in [-0.1, -0.05) is 19.9 Å². The van der Waals surface area contributed by atoms with Crippen molar-refractivity contribution in [3.63, 3.8) is 0 Å². The van der Waals surface area contributed by atoms with Crippen LogP contribution in [0.1, 0.15) is 25.8 Å². The first kappa shape index (κ1) is 13.3.